The number of nitrogens with zero attached hydrogens (tertiary/aromatic N) is 2. The highest BCUT2D eigenvalue weighted by Crippen LogP contribution is 2.30. The summed E-state index contributed by atoms with van der Waals surface area (Å²) in [4.78, 5) is 16.9. The maximum Gasteiger partial charge on any atom is 0.223 e. The predicted molar refractivity (Wildman–Crippen MR) is 111 cm³/mol. The number of hydrogen-bond donors (Lipinski definition) is 1. The fraction of sp³-hybridized carbons (Fsp3) is 0.632. The van der Waals surface area contributed by atoms with E-state index in [2.05, 4.69) is 11.0 Å². The van der Waals surface area contributed by atoms with Gasteiger partial charge in [0.1, 0.15) is 5.75 Å². The molecule has 1 aromatic carbocycles. The number of rotatable bonds is 5. The first kappa shape index (κ1) is 22.9. The van der Waals surface area contributed by atoms with Gasteiger partial charge < -0.3 is 20.3 Å². The van der Waals surface area contributed by atoms with Gasteiger partial charge in [0.05, 0.1) is 12.3 Å². The van der Waals surface area contributed by atoms with E-state index in [1.165, 1.54) is 6.42 Å². The molecule has 26 heavy (non-hydrogen) atoms. The molecule has 0 spiro atoms. The Hall–Kier alpha value is -1.17. The smallest absolute Gasteiger partial charge is 0.223 e. The van der Waals surface area contributed by atoms with Crippen LogP contribution in [0.3, 0.4) is 0 Å². The van der Waals surface area contributed by atoms with Crippen LogP contribution in [0.5, 0.6) is 5.75 Å². The highest BCUT2D eigenvalue weighted by molar-refractivity contribution is 5.85. The second-order valence-electron chi connectivity index (χ2n) is 6.83. The molecule has 0 bridgehead atoms. The van der Waals surface area contributed by atoms with Crippen molar-refractivity contribution in [3.63, 3.8) is 0 Å². The van der Waals surface area contributed by atoms with Crippen LogP contribution in [-0.2, 0) is 4.79 Å². The number of piperazine rings is 1. The zero-order valence-corrected chi connectivity index (χ0v) is 17.1. The first-order valence-corrected chi connectivity index (χ1v) is 9.19. The van der Waals surface area contributed by atoms with Gasteiger partial charge in [0.15, 0.2) is 0 Å². The Balaban J connectivity index is 0.00000169. The monoisotopic (exact) mass is 403 g/mol. The Bertz CT molecular complexity index is 565. The lowest BCUT2D eigenvalue weighted by molar-refractivity contribution is -0.132. The number of carbonyl (C=O) groups excluding carboxylic acids is 1. The normalized spacial score (nSPS) is 22.4. The molecule has 1 aliphatic carbocycles. The van der Waals surface area contributed by atoms with E-state index in [1.807, 2.05) is 30.0 Å². The average Bonchev–Trinajstić information content (AvgIpc) is 3.01. The Morgan fingerprint density at radius 1 is 1.15 bits per heavy atom. The Kier molecular flexibility index (Phi) is 9.55. The van der Waals surface area contributed by atoms with Crippen molar-refractivity contribution in [1.29, 1.82) is 0 Å². The van der Waals surface area contributed by atoms with Crippen molar-refractivity contribution in [2.75, 3.05) is 37.7 Å². The lowest BCUT2D eigenvalue weighted by Crippen LogP contribution is -2.49. The number of nitrogens with two attached hydrogens (primary N) is 1. The van der Waals surface area contributed by atoms with E-state index in [0.717, 1.165) is 50.5 Å². The average molecular weight is 404 g/mol. The van der Waals surface area contributed by atoms with Gasteiger partial charge in [-0.2, -0.15) is 0 Å². The second-order valence-corrected chi connectivity index (χ2v) is 6.83. The topological polar surface area (TPSA) is 58.8 Å². The highest BCUT2D eigenvalue weighted by Gasteiger charge is 2.29. The molecule has 2 N–H and O–H groups in total. The molecular formula is C19H31Cl2N3O2. The third-order valence-electron chi connectivity index (χ3n) is 5.29. The van der Waals surface area contributed by atoms with Crippen molar-refractivity contribution in [2.24, 2.45) is 11.7 Å². The summed E-state index contributed by atoms with van der Waals surface area (Å²) in [5.41, 5.74) is 7.24. The largest absolute Gasteiger partial charge is 0.492 e. The summed E-state index contributed by atoms with van der Waals surface area (Å²) in [6.45, 7) is 5.93. The lowest BCUT2D eigenvalue weighted by Gasteiger charge is -2.37. The molecular weight excluding hydrogens is 373 g/mol. The number of hydrogen-bond acceptors (Lipinski definition) is 4. The molecule has 5 nitrogen and oxygen atoms in total. The van der Waals surface area contributed by atoms with Crippen molar-refractivity contribution >= 4 is 36.4 Å². The summed E-state index contributed by atoms with van der Waals surface area (Å²) >= 11 is 0. The van der Waals surface area contributed by atoms with E-state index < -0.39 is 0 Å². The third kappa shape index (κ3) is 5.41. The van der Waals surface area contributed by atoms with Gasteiger partial charge in [-0.1, -0.05) is 18.6 Å². The summed E-state index contributed by atoms with van der Waals surface area (Å²) in [6, 6.07) is 8.36. The Morgan fingerprint density at radius 2 is 1.85 bits per heavy atom. The number of anilines is 1. The minimum atomic E-state index is 0. The van der Waals surface area contributed by atoms with Crippen LogP contribution in [0.4, 0.5) is 5.69 Å². The fourth-order valence-electron chi connectivity index (χ4n) is 3.87. The SMILES string of the molecule is CCOc1ccccc1N1CCN(C(=O)C[C@@H]2CCC[C@H]2N)CC1.Cl.Cl. The minimum Gasteiger partial charge on any atom is -0.492 e. The fourth-order valence-corrected chi connectivity index (χ4v) is 3.87. The van der Waals surface area contributed by atoms with Gasteiger partial charge in [-0.05, 0) is 37.8 Å². The Labute approximate surface area is 169 Å². The van der Waals surface area contributed by atoms with Crippen LogP contribution >= 0.6 is 24.8 Å². The lowest BCUT2D eigenvalue weighted by atomic mass is 9.99. The molecule has 7 heteroatoms. The van der Waals surface area contributed by atoms with Crippen LogP contribution in [0.15, 0.2) is 24.3 Å². The van der Waals surface area contributed by atoms with Crippen LogP contribution < -0.4 is 15.4 Å². The molecule has 1 aliphatic heterocycles. The van der Waals surface area contributed by atoms with Crippen molar-refractivity contribution in [2.45, 2.75) is 38.6 Å². The first-order valence-electron chi connectivity index (χ1n) is 9.19. The van der Waals surface area contributed by atoms with E-state index in [1.54, 1.807) is 0 Å². The summed E-state index contributed by atoms with van der Waals surface area (Å²) in [5.74, 6) is 1.58. The van der Waals surface area contributed by atoms with Crippen molar-refractivity contribution in [1.82, 2.24) is 4.90 Å². The van der Waals surface area contributed by atoms with Crippen LogP contribution in [0, 0.1) is 5.92 Å². The molecule has 148 valence electrons. The molecule has 2 atom stereocenters. The zero-order chi connectivity index (χ0) is 16.9. The van der Waals surface area contributed by atoms with Crippen LogP contribution in [0.2, 0.25) is 0 Å². The molecule has 3 rings (SSSR count). The van der Waals surface area contributed by atoms with E-state index in [4.69, 9.17) is 10.5 Å². The molecule has 1 saturated heterocycles. The quantitative estimate of drug-likeness (QED) is 0.820. The highest BCUT2D eigenvalue weighted by atomic mass is 35.5. The number of carbonyl (C=O) groups is 1. The molecule has 2 aliphatic rings. The van der Waals surface area contributed by atoms with Gasteiger partial charge in [0.2, 0.25) is 5.91 Å². The second kappa shape index (κ2) is 10.9. The van der Waals surface area contributed by atoms with E-state index in [0.29, 0.717) is 18.9 Å². The van der Waals surface area contributed by atoms with Crippen molar-refractivity contribution < 1.29 is 9.53 Å². The van der Waals surface area contributed by atoms with E-state index in [9.17, 15) is 4.79 Å². The summed E-state index contributed by atoms with van der Waals surface area (Å²) < 4.78 is 5.73. The summed E-state index contributed by atoms with van der Waals surface area (Å²) in [7, 11) is 0. The maximum atomic E-state index is 12.5. The number of amides is 1. The third-order valence-corrected chi connectivity index (χ3v) is 5.29. The maximum absolute atomic E-state index is 12.5. The molecule has 0 radical (unpaired) electrons. The predicted octanol–water partition coefficient (Wildman–Crippen LogP) is 3.10. The van der Waals surface area contributed by atoms with Gasteiger partial charge in [-0.15, -0.1) is 24.8 Å². The molecule has 0 unspecified atom stereocenters. The van der Waals surface area contributed by atoms with Gasteiger partial charge in [0, 0.05) is 38.6 Å². The first-order chi connectivity index (χ1) is 11.7. The summed E-state index contributed by atoms with van der Waals surface area (Å²) in [6.07, 6.45) is 3.96. The number of benzene rings is 1. The number of ether oxygens (including phenoxy) is 1. The van der Waals surface area contributed by atoms with Crippen molar-refractivity contribution in [3.8, 4) is 5.75 Å². The van der Waals surface area contributed by atoms with Crippen LogP contribution in [-0.4, -0.2) is 49.6 Å². The van der Waals surface area contributed by atoms with Crippen LogP contribution in [0.1, 0.15) is 32.6 Å². The molecule has 0 aromatic heterocycles. The molecule has 1 amide bonds. The summed E-state index contributed by atoms with van der Waals surface area (Å²) in [5, 5.41) is 0. The van der Waals surface area contributed by atoms with Crippen molar-refractivity contribution in [3.05, 3.63) is 24.3 Å². The van der Waals surface area contributed by atoms with Gasteiger partial charge in [-0.25, -0.2) is 0 Å². The van der Waals surface area contributed by atoms with Crippen LogP contribution in [0.25, 0.3) is 0 Å². The van der Waals surface area contributed by atoms with Gasteiger partial charge in [-0.3, -0.25) is 4.79 Å². The standard InChI is InChI=1S/C19H29N3O2.2ClH/c1-2-24-18-9-4-3-8-17(18)21-10-12-22(13-11-21)19(23)14-15-6-5-7-16(15)20;;/h3-4,8-9,15-16H,2,5-7,10-14,20H2,1H3;2*1H/t15-,16+;;/m0../s1. The van der Waals surface area contributed by atoms with Gasteiger partial charge in [0.25, 0.3) is 0 Å². The van der Waals surface area contributed by atoms with E-state index >= 15 is 0 Å². The molecule has 2 fully saturated rings. The minimum absolute atomic E-state index is 0. The molecule has 1 aromatic rings. The number of para-hydroxylation sites is 2. The molecule has 1 heterocycles. The molecule has 1 saturated carbocycles. The van der Waals surface area contributed by atoms with Gasteiger partial charge >= 0.3 is 0 Å². The van der Waals surface area contributed by atoms with E-state index in [-0.39, 0.29) is 36.8 Å². The number of halogens is 2. The Morgan fingerprint density at radius 3 is 2.46 bits per heavy atom. The zero-order valence-electron chi connectivity index (χ0n) is 15.4.